The molecule has 4 nitrogen and oxygen atoms in total. The molecule has 178 valence electrons. The summed E-state index contributed by atoms with van der Waals surface area (Å²) in [7, 11) is 0. The first kappa shape index (κ1) is 23.2. The minimum absolute atomic E-state index is 0.546. The summed E-state index contributed by atoms with van der Waals surface area (Å²) in [5.41, 5.74) is 8.46. The van der Waals surface area contributed by atoms with Crippen molar-refractivity contribution in [2.75, 3.05) is 0 Å². The molecule has 2 N–H and O–H groups in total. The Kier molecular flexibility index (Phi) is 5.87. The summed E-state index contributed by atoms with van der Waals surface area (Å²) >= 11 is 0. The fourth-order valence-corrected chi connectivity index (χ4v) is 5.42. The van der Waals surface area contributed by atoms with Gasteiger partial charge in [0.15, 0.2) is 12.6 Å². The molecule has 0 saturated carbocycles. The van der Waals surface area contributed by atoms with Crippen molar-refractivity contribution in [2.24, 2.45) is 0 Å². The largest absolute Gasteiger partial charge is 0.465 e. The van der Waals surface area contributed by atoms with Crippen LogP contribution in [-0.2, 0) is 5.41 Å². The highest BCUT2D eigenvalue weighted by Crippen LogP contribution is 2.56. The van der Waals surface area contributed by atoms with E-state index >= 15 is 0 Å². The SMILES string of the molecule is Cc1cc(C2(c3ccc(OC(C)O)c(C)c3)c3ccccc3-c3ccccc32)ccc1OC(C)O. The van der Waals surface area contributed by atoms with Crippen LogP contribution in [-0.4, -0.2) is 22.8 Å². The van der Waals surface area contributed by atoms with Crippen molar-refractivity contribution in [3.63, 3.8) is 0 Å². The molecule has 35 heavy (non-hydrogen) atoms. The minimum Gasteiger partial charge on any atom is -0.465 e. The highest BCUT2D eigenvalue weighted by atomic mass is 16.6. The molecule has 5 rings (SSSR count). The van der Waals surface area contributed by atoms with E-state index in [0.717, 1.165) is 22.3 Å². The van der Waals surface area contributed by atoms with Gasteiger partial charge in [-0.2, -0.15) is 0 Å². The van der Waals surface area contributed by atoms with Crippen LogP contribution in [0.25, 0.3) is 11.1 Å². The van der Waals surface area contributed by atoms with Gasteiger partial charge in [-0.15, -0.1) is 0 Å². The molecule has 4 heteroatoms. The van der Waals surface area contributed by atoms with Crippen LogP contribution in [0.5, 0.6) is 11.5 Å². The molecule has 1 aliphatic carbocycles. The molecule has 4 aromatic rings. The second-order valence-corrected chi connectivity index (χ2v) is 9.24. The fourth-order valence-electron chi connectivity index (χ4n) is 5.42. The standard InChI is InChI=1S/C31H30O4/c1-19-17-23(13-15-29(19)34-21(3)32)31(24-14-16-30(20(2)18-24)35-22(4)33)27-11-7-5-9-25(27)26-10-6-8-12-28(26)31/h5-18,21-22,32-33H,1-4H3. The number of hydrogen-bond acceptors (Lipinski definition) is 4. The van der Waals surface area contributed by atoms with Gasteiger partial charge >= 0.3 is 0 Å². The second kappa shape index (κ2) is 8.88. The Labute approximate surface area is 206 Å². The summed E-state index contributed by atoms with van der Waals surface area (Å²) in [6.07, 6.45) is -1.77. The Balaban J connectivity index is 1.82. The number of rotatable bonds is 6. The summed E-state index contributed by atoms with van der Waals surface area (Å²) in [5, 5.41) is 19.5. The smallest absolute Gasteiger partial charge is 0.194 e. The molecular weight excluding hydrogens is 436 g/mol. The molecule has 0 aromatic heterocycles. The normalized spacial score (nSPS) is 15.1. The lowest BCUT2D eigenvalue weighted by Gasteiger charge is -2.34. The molecule has 2 atom stereocenters. The van der Waals surface area contributed by atoms with Crippen LogP contribution in [0.4, 0.5) is 0 Å². The molecule has 0 fully saturated rings. The predicted molar refractivity (Wildman–Crippen MR) is 138 cm³/mol. The quantitative estimate of drug-likeness (QED) is 0.297. The van der Waals surface area contributed by atoms with Gasteiger partial charge in [0.25, 0.3) is 0 Å². The van der Waals surface area contributed by atoms with E-state index in [1.165, 1.54) is 22.3 Å². The van der Waals surface area contributed by atoms with Crippen molar-refractivity contribution in [2.45, 2.75) is 45.7 Å². The second-order valence-electron chi connectivity index (χ2n) is 9.24. The number of fused-ring (bicyclic) bond motifs is 3. The lowest BCUT2D eigenvalue weighted by molar-refractivity contribution is -0.00136. The number of ether oxygens (including phenoxy) is 2. The van der Waals surface area contributed by atoms with Gasteiger partial charge in [-0.05, 0) is 84.3 Å². The van der Waals surface area contributed by atoms with E-state index in [1.807, 2.05) is 26.0 Å². The van der Waals surface area contributed by atoms with Gasteiger partial charge in [-0.3, -0.25) is 0 Å². The number of hydrogen-bond donors (Lipinski definition) is 2. The Morgan fingerprint density at radius 1 is 0.600 bits per heavy atom. The molecule has 0 heterocycles. The van der Waals surface area contributed by atoms with E-state index < -0.39 is 18.0 Å². The molecule has 0 radical (unpaired) electrons. The van der Waals surface area contributed by atoms with Crippen LogP contribution in [0.1, 0.15) is 47.2 Å². The number of aliphatic hydroxyl groups excluding tert-OH is 2. The molecule has 1 aliphatic rings. The van der Waals surface area contributed by atoms with Gasteiger partial charge < -0.3 is 19.7 Å². The highest BCUT2D eigenvalue weighted by Gasteiger charge is 2.46. The van der Waals surface area contributed by atoms with E-state index in [4.69, 9.17) is 9.47 Å². The zero-order valence-electron chi connectivity index (χ0n) is 20.4. The summed E-state index contributed by atoms with van der Waals surface area (Å²) in [4.78, 5) is 0. The lowest BCUT2D eigenvalue weighted by atomic mass is 9.67. The van der Waals surface area contributed by atoms with Gasteiger partial charge in [0, 0.05) is 0 Å². The molecule has 0 saturated heterocycles. The van der Waals surface area contributed by atoms with Crippen LogP contribution in [0, 0.1) is 13.8 Å². The zero-order chi connectivity index (χ0) is 24.7. The van der Waals surface area contributed by atoms with E-state index in [9.17, 15) is 10.2 Å². The third-order valence-corrected chi connectivity index (χ3v) is 6.76. The zero-order valence-corrected chi connectivity index (χ0v) is 20.4. The Morgan fingerprint density at radius 2 is 1.00 bits per heavy atom. The Hall–Kier alpha value is -3.60. The summed E-state index contributed by atoms with van der Waals surface area (Å²) in [6.45, 7) is 7.23. The topological polar surface area (TPSA) is 58.9 Å². The lowest BCUT2D eigenvalue weighted by Crippen LogP contribution is -2.29. The van der Waals surface area contributed by atoms with Gasteiger partial charge in [0.2, 0.25) is 0 Å². The molecular formula is C31H30O4. The maximum absolute atomic E-state index is 9.77. The van der Waals surface area contributed by atoms with Crippen LogP contribution in [0.3, 0.4) is 0 Å². The average molecular weight is 467 g/mol. The molecule has 4 aromatic carbocycles. The third-order valence-electron chi connectivity index (χ3n) is 6.76. The maximum atomic E-state index is 9.77. The fraction of sp³-hybridized carbons (Fsp3) is 0.226. The highest BCUT2D eigenvalue weighted by molar-refractivity contribution is 5.86. The number of benzene rings is 4. The summed E-state index contributed by atoms with van der Waals surface area (Å²) in [5.74, 6) is 1.32. The average Bonchev–Trinajstić information content (AvgIpc) is 3.13. The van der Waals surface area contributed by atoms with E-state index in [1.54, 1.807) is 13.8 Å². The monoisotopic (exact) mass is 466 g/mol. The number of aliphatic hydroxyl groups is 2. The van der Waals surface area contributed by atoms with Crippen LogP contribution in [0.2, 0.25) is 0 Å². The van der Waals surface area contributed by atoms with Crippen LogP contribution >= 0.6 is 0 Å². The Morgan fingerprint density at radius 3 is 1.37 bits per heavy atom. The van der Waals surface area contributed by atoms with E-state index in [-0.39, 0.29) is 0 Å². The molecule has 0 spiro atoms. The summed E-state index contributed by atoms with van der Waals surface area (Å²) < 4.78 is 11.3. The van der Waals surface area contributed by atoms with Gasteiger partial charge in [0.1, 0.15) is 11.5 Å². The third kappa shape index (κ3) is 3.79. The number of aryl methyl sites for hydroxylation is 2. The van der Waals surface area contributed by atoms with Crippen molar-refractivity contribution < 1.29 is 19.7 Å². The first-order valence-corrected chi connectivity index (χ1v) is 11.9. The van der Waals surface area contributed by atoms with Crippen LogP contribution < -0.4 is 9.47 Å². The minimum atomic E-state index is -0.884. The van der Waals surface area contributed by atoms with E-state index in [2.05, 4.69) is 72.8 Å². The van der Waals surface area contributed by atoms with Crippen molar-refractivity contribution >= 4 is 0 Å². The Bertz CT molecular complexity index is 1280. The molecule has 0 amide bonds. The van der Waals surface area contributed by atoms with Crippen molar-refractivity contribution in [1.82, 2.24) is 0 Å². The van der Waals surface area contributed by atoms with Crippen molar-refractivity contribution in [3.05, 3.63) is 118 Å². The van der Waals surface area contributed by atoms with Gasteiger partial charge in [-0.1, -0.05) is 72.8 Å². The molecule has 2 unspecified atom stereocenters. The first-order valence-electron chi connectivity index (χ1n) is 11.9. The molecule has 0 aliphatic heterocycles. The van der Waals surface area contributed by atoms with E-state index in [0.29, 0.717) is 11.5 Å². The molecule has 0 bridgehead atoms. The van der Waals surface area contributed by atoms with Gasteiger partial charge in [0.05, 0.1) is 5.41 Å². The van der Waals surface area contributed by atoms with Gasteiger partial charge in [-0.25, -0.2) is 0 Å². The van der Waals surface area contributed by atoms with Crippen molar-refractivity contribution in [3.8, 4) is 22.6 Å². The predicted octanol–water partition coefficient (Wildman–Crippen LogP) is 6.10. The first-order chi connectivity index (χ1) is 16.8. The summed E-state index contributed by atoms with van der Waals surface area (Å²) in [6, 6.07) is 29.5. The van der Waals surface area contributed by atoms with Crippen LogP contribution in [0.15, 0.2) is 84.9 Å². The maximum Gasteiger partial charge on any atom is 0.194 e. The van der Waals surface area contributed by atoms with Crippen molar-refractivity contribution in [1.29, 1.82) is 0 Å².